The molecular formula is C16H17N5O2. The Morgan fingerprint density at radius 2 is 2.00 bits per heavy atom. The molecule has 1 amide bonds. The number of ketones is 1. The van der Waals surface area contributed by atoms with Crippen molar-refractivity contribution in [3.63, 3.8) is 0 Å². The molecule has 0 aliphatic rings. The molecule has 0 fully saturated rings. The number of amides is 1. The van der Waals surface area contributed by atoms with Gasteiger partial charge in [0, 0.05) is 17.7 Å². The van der Waals surface area contributed by atoms with Crippen LogP contribution in [0.3, 0.4) is 0 Å². The van der Waals surface area contributed by atoms with E-state index in [2.05, 4.69) is 15.4 Å². The normalized spacial score (nSPS) is 10.3. The van der Waals surface area contributed by atoms with Crippen LogP contribution in [0.15, 0.2) is 30.6 Å². The maximum Gasteiger partial charge on any atom is 0.252 e. The predicted molar refractivity (Wildman–Crippen MR) is 83.6 cm³/mol. The van der Waals surface area contributed by atoms with E-state index in [-0.39, 0.29) is 30.0 Å². The van der Waals surface area contributed by atoms with Gasteiger partial charge in [0.05, 0.1) is 0 Å². The molecule has 0 spiro atoms. The third kappa shape index (κ3) is 4.74. The zero-order valence-electron chi connectivity index (χ0n) is 13.0. The minimum absolute atomic E-state index is 0.00767. The van der Waals surface area contributed by atoms with Crippen molar-refractivity contribution >= 4 is 17.4 Å². The van der Waals surface area contributed by atoms with Gasteiger partial charge in [-0.1, -0.05) is 13.8 Å². The highest BCUT2D eigenvalue weighted by Crippen LogP contribution is 2.12. The SMILES string of the molecule is CC(C)CC(=O)Nc1ccc(C(=O)Cn2cnc(C#N)n2)cc1. The van der Waals surface area contributed by atoms with Gasteiger partial charge in [-0.25, -0.2) is 9.67 Å². The number of benzene rings is 1. The van der Waals surface area contributed by atoms with Crippen LogP contribution in [0.2, 0.25) is 0 Å². The van der Waals surface area contributed by atoms with Crippen molar-refractivity contribution in [1.29, 1.82) is 5.26 Å². The van der Waals surface area contributed by atoms with Gasteiger partial charge < -0.3 is 5.32 Å². The van der Waals surface area contributed by atoms with Crippen molar-refractivity contribution in [3.05, 3.63) is 42.0 Å². The van der Waals surface area contributed by atoms with Gasteiger partial charge in [0.25, 0.3) is 5.82 Å². The smallest absolute Gasteiger partial charge is 0.252 e. The average Bonchev–Trinajstić information content (AvgIpc) is 2.94. The number of nitriles is 1. The summed E-state index contributed by atoms with van der Waals surface area (Å²) in [5.74, 6) is 0.114. The lowest BCUT2D eigenvalue weighted by Crippen LogP contribution is -2.14. The largest absolute Gasteiger partial charge is 0.326 e. The summed E-state index contributed by atoms with van der Waals surface area (Å²) in [5.41, 5.74) is 1.15. The molecule has 0 saturated heterocycles. The molecule has 0 bridgehead atoms. The highest BCUT2D eigenvalue weighted by molar-refractivity contribution is 5.97. The van der Waals surface area contributed by atoms with E-state index in [9.17, 15) is 9.59 Å². The molecule has 0 saturated carbocycles. The molecule has 0 radical (unpaired) electrons. The number of anilines is 1. The molecule has 118 valence electrons. The van der Waals surface area contributed by atoms with Crippen LogP contribution in [0.1, 0.15) is 36.5 Å². The Balaban J connectivity index is 1.97. The third-order valence-corrected chi connectivity index (χ3v) is 3.03. The molecule has 1 aromatic heterocycles. The van der Waals surface area contributed by atoms with E-state index in [0.717, 1.165) is 0 Å². The predicted octanol–water partition coefficient (Wildman–Crippen LogP) is 2.02. The van der Waals surface area contributed by atoms with Gasteiger partial charge in [0.1, 0.15) is 18.9 Å². The van der Waals surface area contributed by atoms with Crippen LogP contribution in [0, 0.1) is 17.2 Å². The van der Waals surface area contributed by atoms with Crippen LogP contribution in [0.4, 0.5) is 5.69 Å². The van der Waals surface area contributed by atoms with E-state index >= 15 is 0 Å². The summed E-state index contributed by atoms with van der Waals surface area (Å²) in [5, 5.41) is 15.3. The van der Waals surface area contributed by atoms with Gasteiger partial charge in [-0.15, -0.1) is 5.10 Å². The van der Waals surface area contributed by atoms with E-state index < -0.39 is 0 Å². The van der Waals surface area contributed by atoms with Gasteiger partial charge in [0.15, 0.2) is 5.78 Å². The second-order valence-corrected chi connectivity index (χ2v) is 5.52. The summed E-state index contributed by atoms with van der Waals surface area (Å²) in [6.07, 6.45) is 1.80. The van der Waals surface area contributed by atoms with E-state index in [4.69, 9.17) is 5.26 Å². The lowest BCUT2D eigenvalue weighted by Gasteiger charge is -2.08. The molecule has 2 aromatic rings. The monoisotopic (exact) mass is 311 g/mol. The number of nitrogens with zero attached hydrogens (tertiary/aromatic N) is 4. The summed E-state index contributed by atoms with van der Waals surface area (Å²) in [6, 6.07) is 8.48. The van der Waals surface area contributed by atoms with E-state index in [1.165, 1.54) is 11.0 Å². The summed E-state index contributed by atoms with van der Waals surface area (Å²) >= 11 is 0. The Labute approximate surface area is 134 Å². The van der Waals surface area contributed by atoms with Gasteiger partial charge in [-0.3, -0.25) is 9.59 Å². The quantitative estimate of drug-likeness (QED) is 0.822. The first kappa shape index (κ1) is 16.4. The lowest BCUT2D eigenvalue weighted by molar-refractivity contribution is -0.116. The molecule has 1 heterocycles. The number of nitrogens with one attached hydrogen (secondary N) is 1. The maximum atomic E-state index is 12.1. The van der Waals surface area contributed by atoms with Crippen LogP contribution >= 0.6 is 0 Å². The van der Waals surface area contributed by atoms with Crippen molar-refractivity contribution in [2.75, 3.05) is 5.32 Å². The number of Topliss-reactive ketones (excluding diaryl/α,β-unsaturated/α-hetero) is 1. The summed E-state index contributed by atoms with van der Waals surface area (Å²) < 4.78 is 1.32. The van der Waals surface area contributed by atoms with Crippen molar-refractivity contribution in [1.82, 2.24) is 14.8 Å². The van der Waals surface area contributed by atoms with Crippen LogP contribution in [-0.4, -0.2) is 26.5 Å². The first-order valence-corrected chi connectivity index (χ1v) is 7.20. The maximum absolute atomic E-state index is 12.1. The van der Waals surface area contributed by atoms with Crippen molar-refractivity contribution in [2.45, 2.75) is 26.8 Å². The molecular weight excluding hydrogens is 294 g/mol. The molecule has 7 nitrogen and oxygen atoms in total. The van der Waals surface area contributed by atoms with E-state index in [0.29, 0.717) is 17.7 Å². The van der Waals surface area contributed by atoms with Crippen LogP contribution < -0.4 is 5.32 Å². The zero-order chi connectivity index (χ0) is 16.8. The minimum Gasteiger partial charge on any atom is -0.326 e. The fourth-order valence-electron chi connectivity index (χ4n) is 1.98. The molecule has 1 aromatic carbocycles. The van der Waals surface area contributed by atoms with Crippen molar-refractivity contribution in [3.8, 4) is 6.07 Å². The highest BCUT2D eigenvalue weighted by atomic mass is 16.1. The van der Waals surface area contributed by atoms with E-state index in [1.807, 2.05) is 13.8 Å². The fourth-order valence-corrected chi connectivity index (χ4v) is 1.98. The Kier molecular flexibility index (Phi) is 5.20. The van der Waals surface area contributed by atoms with Crippen molar-refractivity contribution in [2.24, 2.45) is 5.92 Å². The second kappa shape index (κ2) is 7.31. The number of carbonyl (C=O) groups is 2. The topological polar surface area (TPSA) is 101 Å². The first-order valence-electron chi connectivity index (χ1n) is 7.20. The lowest BCUT2D eigenvalue weighted by atomic mass is 10.1. The Morgan fingerprint density at radius 3 is 2.57 bits per heavy atom. The third-order valence-electron chi connectivity index (χ3n) is 3.03. The summed E-state index contributed by atoms with van der Waals surface area (Å²) in [7, 11) is 0. The Morgan fingerprint density at radius 1 is 1.30 bits per heavy atom. The highest BCUT2D eigenvalue weighted by Gasteiger charge is 2.10. The number of hydrogen-bond donors (Lipinski definition) is 1. The molecule has 0 atom stereocenters. The number of carbonyl (C=O) groups excluding carboxylic acids is 2. The van der Waals surface area contributed by atoms with Crippen LogP contribution in [0.25, 0.3) is 0 Å². The molecule has 0 aliphatic carbocycles. The van der Waals surface area contributed by atoms with Crippen LogP contribution in [-0.2, 0) is 11.3 Å². The second-order valence-electron chi connectivity index (χ2n) is 5.52. The van der Waals surface area contributed by atoms with Gasteiger partial charge in [-0.2, -0.15) is 5.26 Å². The van der Waals surface area contributed by atoms with Crippen molar-refractivity contribution < 1.29 is 9.59 Å². The molecule has 23 heavy (non-hydrogen) atoms. The molecule has 0 aliphatic heterocycles. The minimum atomic E-state index is -0.153. The average molecular weight is 311 g/mol. The Hall–Kier alpha value is -3.01. The number of rotatable bonds is 6. The van der Waals surface area contributed by atoms with Gasteiger partial charge in [0.2, 0.25) is 5.91 Å². The van der Waals surface area contributed by atoms with Gasteiger partial charge in [-0.05, 0) is 30.2 Å². The zero-order valence-corrected chi connectivity index (χ0v) is 13.0. The molecule has 2 rings (SSSR count). The molecule has 7 heteroatoms. The van der Waals surface area contributed by atoms with Crippen LogP contribution in [0.5, 0.6) is 0 Å². The molecule has 1 N–H and O–H groups in total. The molecule has 0 unspecified atom stereocenters. The Bertz CT molecular complexity index is 741. The fraction of sp³-hybridized carbons (Fsp3) is 0.312. The first-order chi connectivity index (χ1) is 11.0. The van der Waals surface area contributed by atoms with E-state index in [1.54, 1.807) is 30.3 Å². The number of aromatic nitrogens is 3. The summed E-state index contributed by atoms with van der Waals surface area (Å²) in [4.78, 5) is 27.6. The summed E-state index contributed by atoms with van der Waals surface area (Å²) in [6.45, 7) is 3.96. The standard InChI is InChI=1S/C16H17N5O2/c1-11(2)7-16(23)19-13-5-3-12(4-6-13)14(22)9-21-10-18-15(8-17)20-21/h3-6,10-11H,7,9H2,1-2H3,(H,19,23). The van der Waals surface area contributed by atoms with Gasteiger partial charge >= 0.3 is 0 Å². The number of hydrogen-bond acceptors (Lipinski definition) is 5.